The number of aromatic hydroxyl groups is 1. The van der Waals surface area contributed by atoms with Crippen molar-refractivity contribution >= 4 is 40.9 Å². The molecule has 40 heavy (non-hydrogen) atoms. The summed E-state index contributed by atoms with van der Waals surface area (Å²) >= 11 is 0. The molecule has 210 valence electrons. The van der Waals surface area contributed by atoms with Crippen LogP contribution in [0.2, 0.25) is 0 Å². The molecular formula is C28H30N4O8. The van der Waals surface area contributed by atoms with E-state index in [2.05, 4.69) is 21.3 Å². The van der Waals surface area contributed by atoms with Crippen LogP contribution in [0.5, 0.6) is 17.2 Å². The van der Waals surface area contributed by atoms with Crippen LogP contribution in [-0.2, 0) is 14.4 Å². The summed E-state index contributed by atoms with van der Waals surface area (Å²) in [5, 5.41) is 29.9. The normalized spacial score (nSPS) is 11.1. The Hall–Kier alpha value is -5.26. The number of methoxy groups -OCH3 is 2. The Kier molecular flexibility index (Phi) is 10.3. The number of nitrogens with one attached hydrogen (secondary N) is 4. The highest BCUT2D eigenvalue weighted by molar-refractivity contribution is 6.01. The molecule has 0 aliphatic heterocycles. The Balaban J connectivity index is 1.53. The lowest BCUT2D eigenvalue weighted by Gasteiger charge is -2.19. The number of ether oxygens (including phenoxy) is 2. The highest BCUT2D eigenvalue weighted by Crippen LogP contribution is 2.31. The van der Waals surface area contributed by atoms with Crippen molar-refractivity contribution in [1.29, 1.82) is 0 Å². The first-order valence-corrected chi connectivity index (χ1v) is 12.2. The topological polar surface area (TPSA) is 175 Å². The molecule has 3 rings (SSSR count). The summed E-state index contributed by atoms with van der Waals surface area (Å²) in [6.45, 7) is 0. The van der Waals surface area contributed by atoms with Crippen LogP contribution in [0.3, 0.4) is 0 Å². The molecule has 1 unspecified atom stereocenters. The fraction of sp³-hybridized carbons (Fsp3) is 0.214. The minimum atomic E-state index is -1.12. The molecule has 0 saturated heterocycles. The van der Waals surface area contributed by atoms with Crippen LogP contribution >= 0.6 is 0 Å². The summed E-state index contributed by atoms with van der Waals surface area (Å²) in [7, 11) is 2.91. The third kappa shape index (κ3) is 8.65. The van der Waals surface area contributed by atoms with E-state index >= 15 is 0 Å². The maximum Gasteiger partial charge on any atom is 0.323 e. The Morgan fingerprint density at radius 3 is 2.12 bits per heavy atom. The first-order valence-electron chi connectivity index (χ1n) is 12.2. The van der Waals surface area contributed by atoms with Crippen molar-refractivity contribution in [2.75, 3.05) is 30.2 Å². The van der Waals surface area contributed by atoms with Crippen LogP contribution in [0, 0.1) is 0 Å². The number of phenolic OH excluding ortho intramolecular Hbond substituents is 1. The molecule has 6 N–H and O–H groups in total. The third-order valence-corrected chi connectivity index (χ3v) is 5.66. The van der Waals surface area contributed by atoms with E-state index in [1.807, 2.05) is 6.07 Å². The molecule has 0 aromatic heterocycles. The summed E-state index contributed by atoms with van der Waals surface area (Å²) in [5.41, 5.74) is 1.46. The maximum absolute atomic E-state index is 12.5. The Morgan fingerprint density at radius 2 is 1.48 bits per heavy atom. The number of carbonyl (C=O) groups is 4. The highest BCUT2D eigenvalue weighted by Gasteiger charge is 2.20. The second kappa shape index (κ2) is 14.0. The number of carboxylic acids is 1. The number of urea groups is 1. The number of aliphatic carboxylic acids is 1. The fourth-order valence-corrected chi connectivity index (χ4v) is 3.73. The molecule has 1 atom stereocenters. The van der Waals surface area contributed by atoms with Gasteiger partial charge in [-0.05, 0) is 42.0 Å². The smallest absolute Gasteiger partial charge is 0.323 e. The number of hydrogen-bond donors (Lipinski definition) is 6. The van der Waals surface area contributed by atoms with Gasteiger partial charge in [-0.3, -0.25) is 14.4 Å². The quantitative estimate of drug-likeness (QED) is 0.183. The summed E-state index contributed by atoms with van der Waals surface area (Å²) < 4.78 is 10.4. The average Bonchev–Trinajstić information content (AvgIpc) is 2.93. The van der Waals surface area contributed by atoms with Gasteiger partial charge in [-0.15, -0.1) is 0 Å². The van der Waals surface area contributed by atoms with Crippen molar-refractivity contribution in [2.45, 2.75) is 25.3 Å². The van der Waals surface area contributed by atoms with Crippen molar-refractivity contribution in [3.63, 3.8) is 0 Å². The first-order chi connectivity index (χ1) is 19.2. The minimum Gasteiger partial charge on any atom is -0.506 e. The molecule has 12 heteroatoms. The minimum absolute atomic E-state index is 0.130. The van der Waals surface area contributed by atoms with E-state index in [1.165, 1.54) is 32.4 Å². The van der Waals surface area contributed by atoms with Crippen LogP contribution in [0.15, 0.2) is 66.7 Å². The molecular weight excluding hydrogens is 520 g/mol. The largest absolute Gasteiger partial charge is 0.506 e. The standard InChI is InChI=1S/C28H30N4O8/c1-39-23-11-8-17(14-24(23)40-2)21(16-27(36)37)31-26(35)13-12-25(34)29-19-9-10-20(22(33)15-19)32-28(38)30-18-6-4-3-5-7-18/h3-11,14-15,21,33H,12-13,16H2,1-2H3,(H,29,34)(H,31,35)(H,36,37)(H2,30,32,38). The van der Waals surface area contributed by atoms with Gasteiger partial charge < -0.3 is 41.0 Å². The second-order valence-electron chi connectivity index (χ2n) is 8.56. The summed E-state index contributed by atoms with van der Waals surface area (Å²) in [5.74, 6) is -1.58. The molecule has 4 amide bonds. The van der Waals surface area contributed by atoms with Crippen LogP contribution in [-0.4, -0.2) is 48.2 Å². The van der Waals surface area contributed by atoms with E-state index < -0.39 is 29.9 Å². The molecule has 0 radical (unpaired) electrons. The van der Waals surface area contributed by atoms with Gasteiger partial charge in [-0.2, -0.15) is 0 Å². The Morgan fingerprint density at radius 1 is 0.775 bits per heavy atom. The average molecular weight is 551 g/mol. The van der Waals surface area contributed by atoms with Crippen LogP contribution < -0.4 is 30.7 Å². The summed E-state index contributed by atoms with van der Waals surface area (Å²) in [4.78, 5) is 48.5. The Labute approximate surface area is 230 Å². The van der Waals surface area contributed by atoms with Gasteiger partial charge in [0.05, 0.1) is 32.4 Å². The predicted octanol–water partition coefficient (Wildman–Crippen LogP) is 4.10. The van der Waals surface area contributed by atoms with E-state index in [0.717, 1.165) is 0 Å². The number of rotatable bonds is 12. The van der Waals surface area contributed by atoms with E-state index in [1.54, 1.807) is 42.5 Å². The highest BCUT2D eigenvalue weighted by atomic mass is 16.5. The first kappa shape index (κ1) is 29.3. The lowest BCUT2D eigenvalue weighted by atomic mass is 10.0. The predicted molar refractivity (Wildman–Crippen MR) is 148 cm³/mol. The van der Waals surface area contributed by atoms with E-state index in [9.17, 15) is 29.4 Å². The number of hydrogen-bond acceptors (Lipinski definition) is 7. The van der Waals surface area contributed by atoms with E-state index in [4.69, 9.17) is 9.47 Å². The zero-order valence-electron chi connectivity index (χ0n) is 21.9. The van der Waals surface area contributed by atoms with Crippen molar-refractivity contribution in [2.24, 2.45) is 0 Å². The lowest BCUT2D eigenvalue weighted by molar-refractivity contribution is -0.138. The monoisotopic (exact) mass is 550 g/mol. The van der Waals surface area contributed by atoms with Gasteiger partial charge in [0.15, 0.2) is 11.5 Å². The van der Waals surface area contributed by atoms with Crippen molar-refractivity contribution < 1.29 is 38.9 Å². The maximum atomic E-state index is 12.5. The van der Waals surface area contributed by atoms with Crippen LogP contribution in [0.1, 0.15) is 30.9 Å². The number of amides is 4. The lowest BCUT2D eigenvalue weighted by Crippen LogP contribution is -2.30. The van der Waals surface area contributed by atoms with Gasteiger partial charge in [-0.1, -0.05) is 24.3 Å². The SMILES string of the molecule is COc1ccc(C(CC(=O)O)NC(=O)CCC(=O)Nc2ccc(NC(=O)Nc3ccccc3)c(O)c2)cc1OC. The number of anilines is 3. The van der Waals surface area contributed by atoms with Crippen molar-refractivity contribution in [3.05, 3.63) is 72.3 Å². The van der Waals surface area contributed by atoms with Gasteiger partial charge in [0, 0.05) is 30.3 Å². The van der Waals surface area contributed by atoms with Crippen molar-refractivity contribution in [1.82, 2.24) is 5.32 Å². The molecule has 3 aromatic carbocycles. The van der Waals surface area contributed by atoms with Gasteiger partial charge in [-0.25, -0.2) is 4.79 Å². The fourth-order valence-electron chi connectivity index (χ4n) is 3.73. The molecule has 3 aromatic rings. The Bertz CT molecular complexity index is 1360. The molecule has 0 aliphatic carbocycles. The molecule has 0 saturated carbocycles. The van der Waals surface area contributed by atoms with E-state index in [0.29, 0.717) is 22.7 Å². The van der Waals surface area contributed by atoms with Crippen LogP contribution in [0.25, 0.3) is 0 Å². The molecule has 0 bridgehead atoms. The molecule has 0 aliphatic rings. The molecule has 0 fully saturated rings. The number of benzene rings is 3. The molecule has 12 nitrogen and oxygen atoms in total. The summed E-state index contributed by atoms with van der Waals surface area (Å²) in [6.07, 6.45) is -0.783. The van der Waals surface area contributed by atoms with Gasteiger partial charge >= 0.3 is 12.0 Å². The van der Waals surface area contributed by atoms with E-state index in [-0.39, 0.29) is 36.4 Å². The van der Waals surface area contributed by atoms with Gasteiger partial charge in [0.2, 0.25) is 11.8 Å². The number of para-hydroxylation sites is 1. The van der Waals surface area contributed by atoms with Crippen molar-refractivity contribution in [3.8, 4) is 17.2 Å². The van der Waals surface area contributed by atoms with Gasteiger partial charge in [0.1, 0.15) is 5.75 Å². The second-order valence-corrected chi connectivity index (χ2v) is 8.56. The summed E-state index contributed by atoms with van der Waals surface area (Å²) in [6, 6.07) is 16.3. The number of phenols is 1. The van der Waals surface area contributed by atoms with Gasteiger partial charge in [0.25, 0.3) is 0 Å². The third-order valence-electron chi connectivity index (χ3n) is 5.66. The zero-order valence-corrected chi connectivity index (χ0v) is 21.9. The molecule has 0 heterocycles. The molecule has 0 spiro atoms. The zero-order chi connectivity index (χ0) is 29.1. The number of carbonyl (C=O) groups excluding carboxylic acids is 3. The number of carboxylic acid groups (broad SMARTS) is 1. The van der Waals surface area contributed by atoms with Crippen LogP contribution in [0.4, 0.5) is 21.9 Å².